The second-order valence-electron chi connectivity index (χ2n) is 5.11. The van der Waals surface area contributed by atoms with Gasteiger partial charge in [0.1, 0.15) is 0 Å². The molecule has 0 spiro atoms. The summed E-state index contributed by atoms with van der Waals surface area (Å²) in [6, 6.07) is 19.3. The zero-order valence-electron chi connectivity index (χ0n) is 11.9. The monoisotopic (exact) mass is 267 g/mol. The standard InChI is InChI=1S/C17H21N3/c1-18-15-7-9-17(10-8-15)20-13-11-19(12-14-20)16-5-3-2-4-6-16/h2-10,18H,11-14H2,1H3. The summed E-state index contributed by atoms with van der Waals surface area (Å²) >= 11 is 0. The fourth-order valence-electron chi connectivity index (χ4n) is 2.70. The maximum atomic E-state index is 3.16. The molecule has 1 aliphatic heterocycles. The van der Waals surface area contributed by atoms with Crippen molar-refractivity contribution in [3.05, 3.63) is 54.6 Å². The molecule has 0 saturated carbocycles. The number of nitrogens with one attached hydrogen (secondary N) is 1. The second kappa shape index (κ2) is 5.87. The Morgan fingerprint density at radius 2 is 1.20 bits per heavy atom. The van der Waals surface area contributed by atoms with Crippen LogP contribution in [-0.2, 0) is 0 Å². The average Bonchev–Trinajstić information content (AvgIpc) is 2.56. The van der Waals surface area contributed by atoms with Crippen LogP contribution in [0.2, 0.25) is 0 Å². The van der Waals surface area contributed by atoms with Crippen LogP contribution in [0.25, 0.3) is 0 Å². The van der Waals surface area contributed by atoms with E-state index in [0.717, 1.165) is 31.9 Å². The molecule has 1 fully saturated rings. The van der Waals surface area contributed by atoms with Crippen LogP contribution >= 0.6 is 0 Å². The van der Waals surface area contributed by atoms with E-state index in [9.17, 15) is 0 Å². The Hall–Kier alpha value is -2.16. The summed E-state index contributed by atoms with van der Waals surface area (Å²) in [4.78, 5) is 4.91. The van der Waals surface area contributed by atoms with Crippen LogP contribution in [0.15, 0.2) is 54.6 Å². The molecule has 0 unspecified atom stereocenters. The van der Waals surface area contributed by atoms with E-state index in [0.29, 0.717) is 0 Å². The molecule has 0 bridgehead atoms. The maximum absolute atomic E-state index is 3.16. The molecule has 3 rings (SSSR count). The first-order valence-electron chi connectivity index (χ1n) is 7.19. The molecule has 0 amide bonds. The van der Waals surface area contributed by atoms with Crippen molar-refractivity contribution in [1.29, 1.82) is 0 Å². The summed E-state index contributed by atoms with van der Waals surface area (Å²) in [7, 11) is 1.95. The lowest BCUT2D eigenvalue weighted by Gasteiger charge is -2.37. The smallest absolute Gasteiger partial charge is 0.0368 e. The van der Waals surface area contributed by atoms with Gasteiger partial charge in [-0.1, -0.05) is 18.2 Å². The van der Waals surface area contributed by atoms with Gasteiger partial charge in [0, 0.05) is 50.3 Å². The third-order valence-electron chi connectivity index (χ3n) is 3.92. The number of nitrogens with zero attached hydrogens (tertiary/aromatic N) is 2. The van der Waals surface area contributed by atoms with Gasteiger partial charge in [0.15, 0.2) is 0 Å². The van der Waals surface area contributed by atoms with E-state index in [2.05, 4.69) is 69.7 Å². The SMILES string of the molecule is CNc1ccc(N2CCN(c3ccccc3)CC2)cc1. The molecular formula is C17H21N3. The molecule has 1 heterocycles. The lowest BCUT2D eigenvalue weighted by atomic mass is 10.2. The van der Waals surface area contributed by atoms with E-state index in [1.54, 1.807) is 0 Å². The molecule has 2 aromatic rings. The molecule has 104 valence electrons. The first kappa shape index (κ1) is 12.9. The molecule has 3 heteroatoms. The summed E-state index contributed by atoms with van der Waals surface area (Å²) in [5.74, 6) is 0. The van der Waals surface area contributed by atoms with Gasteiger partial charge in [-0.15, -0.1) is 0 Å². The van der Waals surface area contributed by atoms with Gasteiger partial charge in [0.25, 0.3) is 0 Å². The van der Waals surface area contributed by atoms with Gasteiger partial charge in [-0.3, -0.25) is 0 Å². The number of rotatable bonds is 3. The number of anilines is 3. The highest BCUT2D eigenvalue weighted by atomic mass is 15.3. The van der Waals surface area contributed by atoms with Crippen LogP contribution in [0, 0.1) is 0 Å². The average molecular weight is 267 g/mol. The Bertz CT molecular complexity index is 528. The van der Waals surface area contributed by atoms with Gasteiger partial charge in [-0.2, -0.15) is 0 Å². The summed E-state index contributed by atoms with van der Waals surface area (Å²) in [5.41, 5.74) is 3.81. The minimum absolute atomic E-state index is 1.08. The van der Waals surface area contributed by atoms with Crippen molar-refractivity contribution in [2.75, 3.05) is 48.3 Å². The zero-order chi connectivity index (χ0) is 13.8. The van der Waals surface area contributed by atoms with Crippen molar-refractivity contribution in [3.63, 3.8) is 0 Å². The van der Waals surface area contributed by atoms with Gasteiger partial charge in [0.2, 0.25) is 0 Å². The number of piperazine rings is 1. The van der Waals surface area contributed by atoms with Crippen molar-refractivity contribution < 1.29 is 0 Å². The van der Waals surface area contributed by atoms with Crippen LogP contribution in [-0.4, -0.2) is 33.2 Å². The third kappa shape index (κ3) is 2.72. The largest absolute Gasteiger partial charge is 0.388 e. The minimum Gasteiger partial charge on any atom is -0.388 e. The molecule has 20 heavy (non-hydrogen) atoms. The van der Waals surface area contributed by atoms with Crippen molar-refractivity contribution in [2.24, 2.45) is 0 Å². The molecule has 1 aliphatic rings. The Morgan fingerprint density at radius 3 is 1.70 bits per heavy atom. The van der Waals surface area contributed by atoms with Crippen LogP contribution in [0.3, 0.4) is 0 Å². The molecule has 0 atom stereocenters. The zero-order valence-corrected chi connectivity index (χ0v) is 11.9. The first-order valence-corrected chi connectivity index (χ1v) is 7.19. The molecule has 0 radical (unpaired) electrons. The van der Waals surface area contributed by atoms with Crippen LogP contribution in [0.1, 0.15) is 0 Å². The molecular weight excluding hydrogens is 246 g/mol. The van der Waals surface area contributed by atoms with E-state index < -0.39 is 0 Å². The van der Waals surface area contributed by atoms with Gasteiger partial charge in [-0.25, -0.2) is 0 Å². The van der Waals surface area contributed by atoms with Crippen molar-refractivity contribution in [1.82, 2.24) is 0 Å². The highest BCUT2D eigenvalue weighted by molar-refractivity contribution is 5.56. The van der Waals surface area contributed by atoms with Crippen LogP contribution in [0.5, 0.6) is 0 Å². The lowest BCUT2D eigenvalue weighted by Crippen LogP contribution is -2.46. The highest BCUT2D eigenvalue weighted by Crippen LogP contribution is 2.21. The van der Waals surface area contributed by atoms with Crippen molar-refractivity contribution in [2.45, 2.75) is 0 Å². The maximum Gasteiger partial charge on any atom is 0.0368 e. The minimum atomic E-state index is 1.08. The Morgan fingerprint density at radius 1 is 0.700 bits per heavy atom. The van der Waals surface area contributed by atoms with E-state index in [1.165, 1.54) is 11.4 Å². The number of hydrogen-bond donors (Lipinski definition) is 1. The Balaban J connectivity index is 1.63. The quantitative estimate of drug-likeness (QED) is 0.922. The lowest BCUT2D eigenvalue weighted by molar-refractivity contribution is 0.653. The number of benzene rings is 2. The first-order chi connectivity index (χ1) is 9.86. The van der Waals surface area contributed by atoms with Gasteiger partial charge in [-0.05, 0) is 36.4 Å². The molecule has 0 aromatic heterocycles. The van der Waals surface area contributed by atoms with Crippen molar-refractivity contribution in [3.8, 4) is 0 Å². The Labute approximate surface area is 120 Å². The van der Waals surface area contributed by atoms with Gasteiger partial charge < -0.3 is 15.1 Å². The highest BCUT2D eigenvalue weighted by Gasteiger charge is 2.17. The van der Waals surface area contributed by atoms with E-state index >= 15 is 0 Å². The van der Waals surface area contributed by atoms with E-state index in [4.69, 9.17) is 0 Å². The predicted octanol–water partition coefficient (Wildman–Crippen LogP) is 3.05. The molecule has 1 saturated heterocycles. The van der Waals surface area contributed by atoms with Gasteiger partial charge >= 0.3 is 0 Å². The van der Waals surface area contributed by atoms with Gasteiger partial charge in [0.05, 0.1) is 0 Å². The summed E-state index contributed by atoms with van der Waals surface area (Å²) in [5, 5.41) is 3.16. The molecule has 0 aliphatic carbocycles. The van der Waals surface area contributed by atoms with E-state index in [1.807, 2.05) is 7.05 Å². The summed E-state index contributed by atoms with van der Waals surface area (Å²) in [6.07, 6.45) is 0. The summed E-state index contributed by atoms with van der Waals surface area (Å²) < 4.78 is 0. The fraction of sp³-hybridized carbons (Fsp3) is 0.294. The second-order valence-corrected chi connectivity index (χ2v) is 5.11. The van der Waals surface area contributed by atoms with Crippen LogP contribution < -0.4 is 15.1 Å². The number of hydrogen-bond acceptors (Lipinski definition) is 3. The van der Waals surface area contributed by atoms with E-state index in [-0.39, 0.29) is 0 Å². The predicted molar refractivity (Wildman–Crippen MR) is 86.9 cm³/mol. The number of para-hydroxylation sites is 1. The fourth-order valence-corrected chi connectivity index (χ4v) is 2.70. The molecule has 2 aromatic carbocycles. The molecule has 1 N–H and O–H groups in total. The van der Waals surface area contributed by atoms with Crippen molar-refractivity contribution >= 4 is 17.1 Å². The molecule has 3 nitrogen and oxygen atoms in total. The van der Waals surface area contributed by atoms with Crippen LogP contribution in [0.4, 0.5) is 17.1 Å². The topological polar surface area (TPSA) is 18.5 Å². The Kier molecular flexibility index (Phi) is 3.77. The third-order valence-corrected chi connectivity index (χ3v) is 3.92. The summed E-state index contributed by atoms with van der Waals surface area (Å²) in [6.45, 7) is 4.32. The normalized spacial score (nSPS) is 15.2.